The molecule has 0 bridgehead atoms. The van der Waals surface area contributed by atoms with E-state index in [0.29, 0.717) is 12.0 Å². The van der Waals surface area contributed by atoms with Gasteiger partial charge in [0.15, 0.2) is 11.6 Å². The van der Waals surface area contributed by atoms with Crippen LogP contribution in [0.25, 0.3) is 11.1 Å². The standard InChI is InChI=1S/C44H63N3O9/c1-8-10-12-14-37(42(53)54)47-40(51)29(3)27-39(50)36(24-15-30(4)48)46-41(52)35(25-26-45-43(55)56-44(5,6)7)28-38(49)34-22-20-33(21-23-34)32-18-16-31(17-19-32)13-11-9-2/h16-23,29,35-37H,8-15,24-28H2,1-7H3,(H,45,55)(H,46,52)(H,47,51)(H,53,54)/t29-,35-,36+,37+/m1/s1. The smallest absolute Gasteiger partial charge is 0.407 e. The minimum Gasteiger partial charge on any atom is -0.480 e. The molecule has 2 aromatic carbocycles. The summed E-state index contributed by atoms with van der Waals surface area (Å²) in [5.41, 5.74) is 2.85. The number of carboxylic acid groups (broad SMARTS) is 1. The van der Waals surface area contributed by atoms with Crippen LogP contribution in [-0.2, 0) is 35.1 Å². The van der Waals surface area contributed by atoms with Gasteiger partial charge in [-0.2, -0.15) is 0 Å². The van der Waals surface area contributed by atoms with Crippen molar-refractivity contribution in [3.8, 4) is 11.1 Å². The second-order valence-corrected chi connectivity index (χ2v) is 15.7. The predicted octanol–water partition coefficient (Wildman–Crippen LogP) is 7.40. The lowest BCUT2D eigenvalue weighted by Crippen LogP contribution is -2.47. The first-order chi connectivity index (χ1) is 26.4. The highest BCUT2D eigenvalue weighted by molar-refractivity contribution is 6.00. The summed E-state index contributed by atoms with van der Waals surface area (Å²) >= 11 is 0. The molecule has 56 heavy (non-hydrogen) atoms. The Labute approximate surface area is 332 Å². The van der Waals surface area contributed by atoms with E-state index in [2.05, 4.69) is 47.1 Å². The van der Waals surface area contributed by atoms with Crippen molar-refractivity contribution in [1.29, 1.82) is 0 Å². The summed E-state index contributed by atoms with van der Waals surface area (Å²) < 4.78 is 5.31. The number of nitrogens with one attached hydrogen (secondary N) is 3. The molecule has 0 aliphatic carbocycles. The van der Waals surface area contributed by atoms with Gasteiger partial charge in [-0.25, -0.2) is 9.59 Å². The largest absolute Gasteiger partial charge is 0.480 e. The fraction of sp³-hybridized carbons (Fsp3) is 0.568. The molecule has 4 N–H and O–H groups in total. The summed E-state index contributed by atoms with van der Waals surface area (Å²) in [5, 5.41) is 17.5. The molecule has 3 amide bonds. The molecule has 0 aliphatic rings. The fourth-order valence-corrected chi connectivity index (χ4v) is 6.08. The van der Waals surface area contributed by atoms with Gasteiger partial charge in [-0.3, -0.25) is 19.2 Å². The maximum Gasteiger partial charge on any atom is 0.407 e. The Bertz CT molecular complexity index is 1610. The predicted molar refractivity (Wildman–Crippen MR) is 216 cm³/mol. The summed E-state index contributed by atoms with van der Waals surface area (Å²) in [6, 6.07) is 13.2. The molecule has 0 unspecified atom stereocenters. The van der Waals surface area contributed by atoms with Crippen molar-refractivity contribution in [2.45, 2.75) is 143 Å². The molecule has 0 saturated heterocycles. The molecule has 2 aromatic rings. The number of aryl methyl sites for hydroxylation is 1. The van der Waals surface area contributed by atoms with E-state index >= 15 is 0 Å². The van der Waals surface area contributed by atoms with E-state index in [-0.39, 0.29) is 56.6 Å². The van der Waals surface area contributed by atoms with Crippen LogP contribution in [0.1, 0.15) is 135 Å². The SMILES string of the molecule is CCCCC[C@H](NC(=O)[C@H](C)CC(=O)[C@H](CCC(C)=O)NC(=O)[C@H](CCNC(=O)OC(C)(C)C)CC(=O)c1ccc(-c2ccc(CCCC)cc2)cc1)C(=O)O. The number of alkyl carbamates (subject to hydrolysis) is 1. The van der Waals surface area contributed by atoms with Crippen molar-refractivity contribution in [2.24, 2.45) is 11.8 Å². The van der Waals surface area contributed by atoms with Crippen LogP contribution in [0.5, 0.6) is 0 Å². The van der Waals surface area contributed by atoms with Gasteiger partial charge < -0.3 is 30.6 Å². The zero-order valence-corrected chi connectivity index (χ0v) is 34.3. The molecule has 0 fully saturated rings. The molecule has 0 aliphatic heterocycles. The molecule has 12 heteroatoms. The van der Waals surface area contributed by atoms with Gasteiger partial charge in [0.1, 0.15) is 17.4 Å². The van der Waals surface area contributed by atoms with Gasteiger partial charge in [-0.15, -0.1) is 0 Å². The van der Waals surface area contributed by atoms with Crippen LogP contribution in [0.3, 0.4) is 0 Å². The van der Waals surface area contributed by atoms with Crippen LogP contribution >= 0.6 is 0 Å². The van der Waals surface area contributed by atoms with E-state index in [1.165, 1.54) is 19.4 Å². The quantitative estimate of drug-likeness (QED) is 0.0589. The van der Waals surface area contributed by atoms with Crippen LogP contribution in [0, 0.1) is 11.8 Å². The number of amides is 3. The molecule has 308 valence electrons. The molecule has 4 atom stereocenters. The summed E-state index contributed by atoms with van der Waals surface area (Å²) in [4.78, 5) is 90.1. The number of aliphatic carboxylic acids is 1. The Morgan fingerprint density at radius 1 is 0.732 bits per heavy atom. The van der Waals surface area contributed by atoms with Gasteiger partial charge >= 0.3 is 12.1 Å². The first-order valence-corrected chi connectivity index (χ1v) is 20.0. The molecule has 0 heterocycles. The number of ether oxygens (including phenoxy) is 1. The number of hydrogen-bond donors (Lipinski definition) is 4. The second kappa shape index (κ2) is 23.9. The van der Waals surface area contributed by atoms with Gasteiger partial charge in [0.05, 0.1) is 6.04 Å². The van der Waals surface area contributed by atoms with Crippen LogP contribution in [-0.4, -0.2) is 70.6 Å². The first-order valence-electron chi connectivity index (χ1n) is 20.0. The highest BCUT2D eigenvalue weighted by Crippen LogP contribution is 2.23. The number of carbonyl (C=O) groups is 7. The fourth-order valence-electron chi connectivity index (χ4n) is 6.08. The van der Waals surface area contributed by atoms with E-state index in [1.54, 1.807) is 32.9 Å². The number of unbranched alkanes of at least 4 members (excludes halogenated alkanes) is 3. The summed E-state index contributed by atoms with van der Waals surface area (Å²) in [5.74, 6) is -5.30. The lowest BCUT2D eigenvalue weighted by molar-refractivity contribution is -0.142. The van der Waals surface area contributed by atoms with Gasteiger partial charge in [0.2, 0.25) is 11.8 Å². The zero-order chi connectivity index (χ0) is 41.8. The Kier molecular flexibility index (Phi) is 20.2. The van der Waals surface area contributed by atoms with Crippen LogP contribution in [0.15, 0.2) is 48.5 Å². The van der Waals surface area contributed by atoms with Crippen LogP contribution in [0.2, 0.25) is 0 Å². The number of ketones is 3. The molecule has 0 saturated carbocycles. The minimum atomic E-state index is -1.16. The monoisotopic (exact) mass is 777 g/mol. The Morgan fingerprint density at radius 2 is 1.32 bits per heavy atom. The van der Waals surface area contributed by atoms with Crippen molar-refractivity contribution in [3.05, 3.63) is 59.7 Å². The lowest BCUT2D eigenvalue weighted by Gasteiger charge is -2.24. The van der Waals surface area contributed by atoms with Gasteiger partial charge in [-0.1, -0.05) is 95.0 Å². The molecule has 2 rings (SSSR count). The third-order valence-corrected chi connectivity index (χ3v) is 9.43. The lowest BCUT2D eigenvalue weighted by atomic mass is 9.91. The molecular formula is C44H63N3O9. The van der Waals surface area contributed by atoms with Crippen molar-refractivity contribution in [2.75, 3.05) is 6.54 Å². The zero-order valence-electron chi connectivity index (χ0n) is 34.3. The molecule has 0 radical (unpaired) electrons. The Balaban J connectivity index is 2.24. The number of benzene rings is 2. The number of carboxylic acids is 1. The van der Waals surface area contributed by atoms with E-state index in [4.69, 9.17) is 4.74 Å². The maximum atomic E-state index is 13.9. The number of carbonyl (C=O) groups excluding carboxylic acids is 6. The highest BCUT2D eigenvalue weighted by Gasteiger charge is 2.31. The van der Waals surface area contributed by atoms with Crippen LogP contribution in [0.4, 0.5) is 4.79 Å². The minimum absolute atomic E-state index is 0.000264. The number of rotatable bonds is 25. The van der Waals surface area contributed by atoms with Crippen molar-refractivity contribution < 1.29 is 43.4 Å². The van der Waals surface area contributed by atoms with Gasteiger partial charge in [0, 0.05) is 43.2 Å². The van der Waals surface area contributed by atoms with Gasteiger partial charge in [0.25, 0.3) is 0 Å². The average Bonchev–Trinajstić information content (AvgIpc) is 3.13. The third kappa shape index (κ3) is 17.7. The van der Waals surface area contributed by atoms with Crippen LogP contribution < -0.4 is 16.0 Å². The molecule has 0 spiro atoms. The number of hydrogen-bond acceptors (Lipinski definition) is 8. The average molecular weight is 778 g/mol. The molecule has 0 aromatic heterocycles. The van der Waals surface area contributed by atoms with Gasteiger partial charge in [-0.05, 0) is 76.5 Å². The topological polar surface area (TPSA) is 185 Å². The highest BCUT2D eigenvalue weighted by atomic mass is 16.6. The van der Waals surface area contributed by atoms with E-state index in [9.17, 15) is 38.7 Å². The summed E-state index contributed by atoms with van der Waals surface area (Å²) in [6.45, 7) is 12.2. The maximum absolute atomic E-state index is 13.9. The summed E-state index contributed by atoms with van der Waals surface area (Å²) in [6.07, 6.45) is 4.60. The summed E-state index contributed by atoms with van der Waals surface area (Å²) in [7, 11) is 0. The molecule has 12 nitrogen and oxygen atoms in total. The Hall–Kier alpha value is -4.87. The van der Waals surface area contributed by atoms with Crippen molar-refractivity contribution in [3.63, 3.8) is 0 Å². The van der Waals surface area contributed by atoms with Crippen molar-refractivity contribution >= 4 is 41.2 Å². The van der Waals surface area contributed by atoms with E-state index in [1.807, 2.05) is 19.1 Å². The second-order valence-electron chi connectivity index (χ2n) is 15.7. The van der Waals surface area contributed by atoms with E-state index in [0.717, 1.165) is 43.2 Å². The normalized spacial score (nSPS) is 13.4. The first kappa shape index (κ1) is 47.3. The molecular weight excluding hydrogens is 714 g/mol. The van der Waals surface area contributed by atoms with E-state index < -0.39 is 59.2 Å². The number of Topliss-reactive ketones (excluding diaryl/α,β-unsaturated/α-hetero) is 3. The third-order valence-electron chi connectivity index (χ3n) is 9.43. The Morgan fingerprint density at radius 3 is 1.88 bits per heavy atom. The van der Waals surface area contributed by atoms with Crippen molar-refractivity contribution in [1.82, 2.24) is 16.0 Å².